The molecule has 0 aromatic rings. The Labute approximate surface area is 90.7 Å². The van der Waals surface area contributed by atoms with Crippen LogP contribution < -0.4 is 5.48 Å². The fourth-order valence-electron chi connectivity index (χ4n) is 0.983. The van der Waals surface area contributed by atoms with Gasteiger partial charge in [0.15, 0.2) is 0 Å². The molecule has 0 heterocycles. The summed E-state index contributed by atoms with van der Waals surface area (Å²) in [5, 5.41) is 8.48. The number of rotatable bonds is 9. The number of hydrogen-bond acceptors (Lipinski definition) is 5. The number of hydrogen-bond donors (Lipinski definition) is 2. The van der Waals surface area contributed by atoms with Crippen LogP contribution >= 0.6 is 0 Å². The monoisotopic (exact) mass is 219 g/mol. The second-order valence-corrected chi connectivity index (χ2v) is 3.29. The standard InChI is InChI=1S/C10H21NO4/c1-3-4-5-6-10(13)15-11-9(2)14-8-7-12/h9,11-12H,3-8H2,1-2H3. The molecular weight excluding hydrogens is 198 g/mol. The van der Waals surface area contributed by atoms with Gasteiger partial charge < -0.3 is 14.7 Å². The first-order valence-electron chi connectivity index (χ1n) is 5.38. The molecule has 0 amide bonds. The van der Waals surface area contributed by atoms with Crippen LogP contribution in [-0.4, -0.2) is 30.5 Å². The van der Waals surface area contributed by atoms with Crippen molar-refractivity contribution in [1.29, 1.82) is 0 Å². The normalized spacial score (nSPS) is 12.5. The molecule has 1 atom stereocenters. The summed E-state index contributed by atoms with van der Waals surface area (Å²) < 4.78 is 5.03. The first kappa shape index (κ1) is 14.3. The third kappa shape index (κ3) is 9.65. The maximum Gasteiger partial charge on any atom is 0.324 e. The van der Waals surface area contributed by atoms with Crippen molar-refractivity contribution < 1.29 is 19.5 Å². The minimum absolute atomic E-state index is 0.0452. The van der Waals surface area contributed by atoms with Crippen molar-refractivity contribution in [2.75, 3.05) is 13.2 Å². The SMILES string of the molecule is CCCCCC(=O)ONC(C)OCCO. The summed E-state index contributed by atoms with van der Waals surface area (Å²) in [4.78, 5) is 15.9. The minimum atomic E-state index is -0.396. The van der Waals surface area contributed by atoms with Gasteiger partial charge in [-0.3, -0.25) is 4.79 Å². The minimum Gasteiger partial charge on any atom is -0.394 e. The van der Waals surface area contributed by atoms with Gasteiger partial charge in [-0.1, -0.05) is 19.8 Å². The molecule has 0 aliphatic heterocycles. The highest BCUT2D eigenvalue weighted by atomic mass is 16.7. The number of ether oxygens (including phenoxy) is 1. The van der Waals surface area contributed by atoms with Crippen LogP contribution in [0.5, 0.6) is 0 Å². The zero-order chi connectivity index (χ0) is 11.5. The average molecular weight is 219 g/mol. The van der Waals surface area contributed by atoms with E-state index in [0.29, 0.717) is 6.42 Å². The lowest BCUT2D eigenvalue weighted by atomic mass is 10.2. The van der Waals surface area contributed by atoms with E-state index in [0.717, 1.165) is 19.3 Å². The average Bonchev–Trinajstić information content (AvgIpc) is 2.24. The van der Waals surface area contributed by atoms with Crippen LogP contribution in [0.1, 0.15) is 39.5 Å². The highest BCUT2D eigenvalue weighted by molar-refractivity contribution is 5.68. The summed E-state index contributed by atoms with van der Waals surface area (Å²) in [6.07, 6.45) is 2.99. The van der Waals surface area contributed by atoms with Crippen LogP contribution in [0.4, 0.5) is 0 Å². The molecule has 0 spiro atoms. The van der Waals surface area contributed by atoms with E-state index in [9.17, 15) is 4.79 Å². The lowest BCUT2D eigenvalue weighted by Crippen LogP contribution is -2.32. The highest BCUT2D eigenvalue weighted by Crippen LogP contribution is 1.99. The van der Waals surface area contributed by atoms with E-state index in [-0.39, 0.29) is 19.2 Å². The molecule has 0 aliphatic carbocycles. The smallest absolute Gasteiger partial charge is 0.324 e. The predicted molar refractivity (Wildman–Crippen MR) is 55.9 cm³/mol. The topological polar surface area (TPSA) is 67.8 Å². The molecule has 90 valence electrons. The maximum atomic E-state index is 11.1. The molecule has 1 unspecified atom stereocenters. The molecule has 0 aromatic carbocycles. The Kier molecular flexibility index (Phi) is 9.46. The fraction of sp³-hybridized carbons (Fsp3) is 0.900. The Hall–Kier alpha value is -0.650. The summed E-state index contributed by atoms with van der Waals surface area (Å²) in [6.45, 7) is 3.96. The molecule has 15 heavy (non-hydrogen) atoms. The molecule has 5 nitrogen and oxygen atoms in total. The second-order valence-electron chi connectivity index (χ2n) is 3.29. The zero-order valence-electron chi connectivity index (χ0n) is 9.49. The molecule has 0 saturated heterocycles. The third-order valence-corrected chi connectivity index (χ3v) is 1.78. The van der Waals surface area contributed by atoms with Gasteiger partial charge in [0.1, 0.15) is 6.23 Å². The number of unbranched alkanes of at least 4 members (excludes halogenated alkanes) is 2. The molecule has 0 fully saturated rings. The van der Waals surface area contributed by atoms with Gasteiger partial charge >= 0.3 is 5.97 Å². The van der Waals surface area contributed by atoms with Gasteiger partial charge in [-0.25, -0.2) is 0 Å². The van der Waals surface area contributed by atoms with E-state index < -0.39 is 6.23 Å². The van der Waals surface area contributed by atoms with E-state index in [1.165, 1.54) is 0 Å². The third-order valence-electron chi connectivity index (χ3n) is 1.78. The van der Waals surface area contributed by atoms with Crippen LogP contribution in [0.25, 0.3) is 0 Å². The van der Waals surface area contributed by atoms with Gasteiger partial charge in [-0.15, -0.1) is 5.48 Å². The van der Waals surface area contributed by atoms with Gasteiger partial charge in [0.2, 0.25) is 0 Å². The Morgan fingerprint density at radius 2 is 2.20 bits per heavy atom. The number of nitrogens with one attached hydrogen (secondary N) is 1. The van der Waals surface area contributed by atoms with E-state index in [1.54, 1.807) is 6.92 Å². The van der Waals surface area contributed by atoms with E-state index in [1.807, 2.05) is 0 Å². The number of hydroxylamine groups is 1. The molecule has 0 rings (SSSR count). The van der Waals surface area contributed by atoms with Crippen molar-refractivity contribution in [3.05, 3.63) is 0 Å². The number of carbonyl (C=O) groups excluding carboxylic acids is 1. The van der Waals surface area contributed by atoms with Gasteiger partial charge in [-0.2, -0.15) is 0 Å². The van der Waals surface area contributed by atoms with Gasteiger partial charge in [0, 0.05) is 6.42 Å². The molecule has 0 saturated carbocycles. The van der Waals surface area contributed by atoms with Crippen molar-refractivity contribution in [1.82, 2.24) is 5.48 Å². The van der Waals surface area contributed by atoms with E-state index >= 15 is 0 Å². The Morgan fingerprint density at radius 3 is 2.80 bits per heavy atom. The van der Waals surface area contributed by atoms with Crippen LogP contribution in [0.2, 0.25) is 0 Å². The second kappa shape index (κ2) is 9.89. The molecule has 0 bridgehead atoms. The fourth-order valence-corrected chi connectivity index (χ4v) is 0.983. The van der Waals surface area contributed by atoms with Gasteiger partial charge in [0.05, 0.1) is 13.2 Å². The van der Waals surface area contributed by atoms with Crippen molar-refractivity contribution in [2.45, 2.75) is 45.8 Å². The lowest BCUT2D eigenvalue weighted by Gasteiger charge is -2.13. The van der Waals surface area contributed by atoms with Gasteiger partial charge in [0.25, 0.3) is 0 Å². The first-order valence-corrected chi connectivity index (χ1v) is 5.38. The van der Waals surface area contributed by atoms with Crippen molar-refractivity contribution >= 4 is 5.97 Å². The van der Waals surface area contributed by atoms with E-state index in [4.69, 9.17) is 14.7 Å². The molecule has 0 radical (unpaired) electrons. The van der Waals surface area contributed by atoms with Crippen LogP contribution in [-0.2, 0) is 14.4 Å². The summed E-state index contributed by atoms with van der Waals surface area (Å²) in [5.41, 5.74) is 2.46. The summed E-state index contributed by atoms with van der Waals surface area (Å²) >= 11 is 0. The largest absolute Gasteiger partial charge is 0.394 e. The van der Waals surface area contributed by atoms with Gasteiger partial charge in [-0.05, 0) is 13.3 Å². The molecule has 2 N–H and O–H groups in total. The summed E-state index contributed by atoms with van der Waals surface area (Å²) in [6, 6.07) is 0. The Morgan fingerprint density at radius 1 is 1.47 bits per heavy atom. The Balaban J connectivity index is 3.36. The number of carbonyl (C=O) groups is 1. The Bertz CT molecular complexity index is 164. The predicted octanol–water partition coefficient (Wildman–Crippen LogP) is 0.969. The molecule has 5 heteroatoms. The van der Waals surface area contributed by atoms with Crippen molar-refractivity contribution in [3.8, 4) is 0 Å². The number of aliphatic hydroxyl groups is 1. The van der Waals surface area contributed by atoms with Crippen molar-refractivity contribution in [3.63, 3.8) is 0 Å². The van der Waals surface area contributed by atoms with Crippen LogP contribution in [0.15, 0.2) is 0 Å². The van der Waals surface area contributed by atoms with Crippen LogP contribution in [0.3, 0.4) is 0 Å². The lowest BCUT2D eigenvalue weighted by molar-refractivity contribution is -0.162. The number of aliphatic hydroxyl groups excluding tert-OH is 1. The maximum absolute atomic E-state index is 11.1. The zero-order valence-corrected chi connectivity index (χ0v) is 9.49. The summed E-state index contributed by atoms with van der Waals surface area (Å²) in [7, 11) is 0. The quantitative estimate of drug-likeness (QED) is 0.343. The first-order chi connectivity index (χ1) is 7.20. The summed E-state index contributed by atoms with van der Waals surface area (Å²) in [5.74, 6) is -0.275. The molecular formula is C10H21NO4. The van der Waals surface area contributed by atoms with E-state index in [2.05, 4.69) is 12.4 Å². The molecule has 0 aliphatic rings. The van der Waals surface area contributed by atoms with Crippen molar-refractivity contribution in [2.24, 2.45) is 0 Å². The molecule has 0 aromatic heterocycles. The van der Waals surface area contributed by atoms with Crippen LogP contribution in [0, 0.1) is 0 Å². The highest BCUT2D eigenvalue weighted by Gasteiger charge is 2.06.